The van der Waals surface area contributed by atoms with E-state index in [1.807, 2.05) is 0 Å². The van der Waals surface area contributed by atoms with Crippen molar-refractivity contribution in [1.29, 1.82) is 0 Å². The minimum absolute atomic E-state index is 0.221. The van der Waals surface area contributed by atoms with Gasteiger partial charge in [-0.2, -0.15) is 0 Å². The van der Waals surface area contributed by atoms with E-state index >= 15 is 0 Å². The van der Waals surface area contributed by atoms with Gasteiger partial charge in [-0.15, -0.1) is 10.2 Å². The van der Waals surface area contributed by atoms with Crippen molar-refractivity contribution in [2.75, 3.05) is 12.3 Å². The summed E-state index contributed by atoms with van der Waals surface area (Å²) in [5, 5.41) is 10.9. The number of rotatable bonds is 4. The Morgan fingerprint density at radius 3 is 2.79 bits per heavy atom. The predicted molar refractivity (Wildman–Crippen MR) is 115 cm³/mol. The smallest absolute Gasteiger partial charge is 0.233 e. The quantitative estimate of drug-likeness (QED) is 0.600. The third-order valence-corrected chi connectivity index (χ3v) is 6.97. The SMILES string of the molecule is CC[C@@H]1CCCCN1C(=O)CSc1nnc2c(C)cc3ccc(C)c(C)c3n12. The van der Waals surface area contributed by atoms with Crippen molar-refractivity contribution < 1.29 is 4.79 Å². The van der Waals surface area contributed by atoms with Gasteiger partial charge in [0.1, 0.15) is 0 Å². The maximum atomic E-state index is 12.9. The minimum Gasteiger partial charge on any atom is -0.339 e. The summed E-state index contributed by atoms with van der Waals surface area (Å²) >= 11 is 1.51. The molecule has 5 nitrogen and oxygen atoms in total. The fourth-order valence-electron chi connectivity index (χ4n) is 4.32. The second-order valence-electron chi connectivity index (χ2n) is 7.85. The second kappa shape index (κ2) is 7.74. The van der Waals surface area contributed by atoms with Crippen LogP contribution in [-0.4, -0.2) is 43.7 Å². The highest BCUT2D eigenvalue weighted by molar-refractivity contribution is 7.99. The number of benzene rings is 1. The molecule has 4 rings (SSSR count). The highest BCUT2D eigenvalue weighted by atomic mass is 32.2. The lowest BCUT2D eigenvalue weighted by Gasteiger charge is -2.35. The molecule has 148 valence electrons. The normalized spacial score (nSPS) is 17.6. The average Bonchev–Trinajstić information content (AvgIpc) is 3.13. The van der Waals surface area contributed by atoms with E-state index in [1.54, 1.807) is 0 Å². The summed E-state index contributed by atoms with van der Waals surface area (Å²) in [6.45, 7) is 9.40. The van der Waals surface area contributed by atoms with Crippen LogP contribution in [0.5, 0.6) is 0 Å². The molecular weight excluding hydrogens is 368 g/mol. The Kier molecular flexibility index (Phi) is 5.32. The summed E-state index contributed by atoms with van der Waals surface area (Å²) in [7, 11) is 0. The van der Waals surface area contributed by atoms with Crippen LogP contribution in [0.2, 0.25) is 0 Å². The lowest BCUT2D eigenvalue weighted by molar-refractivity contribution is -0.132. The number of piperidine rings is 1. The highest BCUT2D eigenvalue weighted by Crippen LogP contribution is 2.29. The number of carbonyl (C=O) groups is 1. The number of hydrogen-bond donors (Lipinski definition) is 0. The van der Waals surface area contributed by atoms with Crippen molar-refractivity contribution in [3.05, 3.63) is 34.9 Å². The van der Waals surface area contributed by atoms with Gasteiger partial charge in [-0.1, -0.05) is 30.8 Å². The number of fused-ring (bicyclic) bond motifs is 3. The molecule has 1 fully saturated rings. The van der Waals surface area contributed by atoms with Crippen molar-refractivity contribution in [3.8, 4) is 0 Å². The molecule has 28 heavy (non-hydrogen) atoms. The molecule has 1 amide bonds. The van der Waals surface area contributed by atoms with Crippen molar-refractivity contribution in [1.82, 2.24) is 19.5 Å². The van der Waals surface area contributed by atoms with Crippen molar-refractivity contribution in [2.24, 2.45) is 0 Å². The molecule has 0 radical (unpaired) electrons. The van der Waals surface area contributed by atoms with Crippen LogP contribution in [0.3, 0.4) is 0 Å². The van der Waals surface area contributed by atoms with Crippen LogP contribution in [-0.2, 0) is 4.79 Å². The number of aryl methyl sites for hydroxylation is 3. The molecule has 6 heteroatoms. The Hall–Kier alpha value is -2.08. The van der Waals surface area contributed by atoms with E-state index in [0.717, 1.165) is 47.7 Å². The molecule has 3 heterocycles. The largest absolute Gasteiger partial charge is 0.339 e. The fourth-order valence-corrected chi connectivity index (χ4v) is 5.14. The number of amides is 1. The van der Waals surface area contributed by atoms with Gasteiger partial charge in [0.2, 0.25) is 5.91 Å². The molecule has 1 atom stereocenters. The van der Waals surface area contributed by atoms with Gasteiger partial charge in [-0.25, -0.2) is 0 Å². The van der Waals surface area contributed by atoms with E-state index in [-0.39, 0.29) is 5.91 Å². The molecule has 0 saturated carbocycles. The molecule has 2 aromatic heterocycles. The second-order valence-corrected chi connectivity index (χ2v) is 8.79. The fraction of sp³-hybridized carbons (Fsp3) is 0.500. The number of thioether (sulfide) groups is 1. The van der Waals surface area contributed by atoms with E-state index in [1.165, 1.54) is 34.7 Å². The van der Waals surface area contributed by atoms with Crippen LogP contribution in [0.25, 0.3) is 16.6 Å². The summed E-state index contributed by atoms with van der Waals surface area (Å²) in [6.07, 6.45) is 4.51. The summed E-state index contributed by atoms with van der Waals surface area (Å²) in [5.41, 5.74) is 5.60. The lowest BCUT2D eigenvalue weighted by atomic mass is 10.0. The molecule has 1 aromatic carbocycles. The number of pyridine rings is 1. The van der Waals surface area contributed by atoms with Gasteiger partial charge in [-0.05, 0) is 74.6 Å². The van der Waals surface area contributed by atoms with Gasteiger partial charge in [-0.3, -0.25) is 9.20 Å². The predicted octanol–water partition coefficient (Wildman–Crippen LogP) is 4.69. The third-order valence-electron chi connectivity index (χ3n) is 6.06. The highest BCUT2D eigenvalue weighted by Gasteiger charge is 2.25. The Morgan fingerprint density at radius 2 is 2.00 bits per heavy atom. The van der Waals surface area contributed by atoms with Crippen molar-refractivity contribution in [3.63, 3.8) is 0 Å². The zero-order valence-electron chi connectivity index (χ0n) is 17.2. The van der Waals surface area contributed by atoms with E-state index in [4.69, 9.17) is 0 Å². The summed E-state index contributed by atoms with van der Waals surface area (Å²) < 4.78 is 2.14. The van der Waals surface area contributed by atoms with E-state index in [0.29, 0.717) is 11.8 Å². The standard InChI is InChI=1S/C22H28N4OS/c1-5-18-8-6-7-11-25(18)19(27)13-28-22-24-23-21-15(3)12-17-10-9-14(2)16(4)20(17)26(21)22/h9-10,12,18H,5-8,11,13H2,1-4H3/t18-/m1/s1. The minimum atomic E-state index is 0.221. The number of hydrogen-bond acceptors (Lipinski definition) is 4. The first-order valence-corrected chi connectivity index (χ1v) is 11.2. The van der Waals surface area contributed by atoms with Crippen LogP contribution in [0.1, 0.15) is 49.3 Å². The van der Waals surface area contributed by atoms with E-state index < -0.39 is 0 Å². The van der Waals surface area contributed by atoms with Crippen LogP contribution < -0.4 is 0 Å². The maximum Gasteiger partial charge on any atom is 0.233 e. The molecule has 0 unspecified atom stereocenters. The Labute approximate surface area is 170 Å². The molecule has 0 N–H and O–H groups in total. The molecular formula is C22H28N4OS. The van der Waals surface area contributed by atoms with Gasteiger partial charge in [0.25, 0.3) is 0 Å². The molecule has 3 aromatic rings. The zero-order chi connectivity index (χ0) is 19.8. The van der Waals surface area contributed by atoms with Crippen LogP contribution in [0.15, 0.2) is 23.4 Å². The lowest BCUT2D eigenvalue weighted by Crippen LogP contribution is -2.44. The monoisotopic (exact) mass is 396 g/mol. The Balaban J connectivity index is 1.68. The molecule has 1 aliphatic rings. The number of carbonyl (C=O) groups excluding carboxylic acids is 1. The third kappa shape index (κ3) is 3.28. The average molecular weight is 397 g/mol. The van der Waals surface area contributed by atoms with Crippen LogP contribution in [0.4, 0.5) is 0 Å². The molecule has 0 bridgehead atoms. The first kappa shape index (κ1) is 19.2. The van der Waals surface area contributed by atoms with Gasteiger partial charge in [0, 0.05) is 12.6 Å². The molecule has 1 aliphatic heterocycles. The molecule has 1 saturated heterocycles. The van der Waals surface area contributed by atoms with E-state index in [2.05, 4.69) is 65.4 Å². The number of likely N-dealkylation sites (tertiary alicyclic amines) is 1. The molecule has 0 aliphatic carbocycles. The van der Waals surface area contributed by atoms with Crippen LogP contribution in [0, 0.1) is 20.8 Å². The summed E-state index contributed by atoms with van der Waals surface area (Å²) in [5.74, 6) is 0.635. The topological polar surface area (TPSA) is 50.5 Å². The first-order valence-electron chi connectivity index (χ1n) is 10.2. The van der Waals surface area contributed by atoms with Crippen molar-refractivity contribution >= 4 is 34.2 Å². The first-order chi connectivity index (χ1) is 13.5. The number of nitrogens with zero attached hydrogens (tertiary/aromatic N) is 4. The zero-order valence-corrected chi connectivity index (χ0v) is 18.0. The Morgan fingerprint density at radius 1 is 1.18 bits per heavy atom. The maximum absolute atomic E-state index is 12.9. The van der Waals surface area contributed by atoms with Gasteiger partial charge >= 0.3 is 0 Å². The van der Waals surface area contributed by atoms with Gasteiger partial charge in [0.05, 0.1) is 11.3 Å². The van der Waals surface area contributed by atoms with Crippen LogP contribution >= 0.6 is 11.8 Å². The van der Waals surface area contributed by atoms with Gasteiger partial charge < -0.3 is 4.90 Å². The van der Waals surface area contributed by atoms with Crippen molar-refractivity contribution in [2.45, 2.75) is 64.6 Å². The van der Waals surface area contributed by atoms with E-state index in [9.17, 15) is 4.79 Å². The Bertz CT molecular complexity index is 1040. The summed E-state index contributed by atoms with van der Waals surface area (Å²) in [4.78, 5) is 15.0. The summed E-state index contributed by atoms with van der Waals surface area (Å²) in [6, 6.07) is 6.88. The number of aromatic nitrogens is 3. The molecule has 0 spiro atoms. The van der Waals surface area contributed by atoms with Gasteiger partial charge in [0.15, 0.2) is 10.8 Å².